The van der Waals surface area contributed by atoms with E-state index in [-0.39, 0.29) is 0 Å². The summed E-state index contributed by atoms with van der Waals surface area (Å²) < 4.78 is 2.65. The third kappa shape index (κ3) is 2.19. The van der Waals surface area contributed by atoms with Crippen LogP contribution in [0, 0.1) is 11.7 Å². The SMILES string of the molecule is CSc1ccc(-n2c(=S)[nH]c3ccc(C)nc32)cc1. The first-order valence-electron chi connectivity index (χ1n) is 5.92. The second-order valence-corrected chi connectivity index (χ2v) is 5.55. The van der Waals surface area contributed by atoms with E-state index >= 15 is 0 Å². The van der Waals surface area contributed by atoms with Crippen molar-refractivity contribution < 1.29 is 0 Å². The molecule has 0 amide bonds. The Morgan fingerprint density at radius 2 is 1.89 bits per heavy atom. The number of imidazole rings is 1. The molecule has 2 heterocycles. The minimum absolute atomic E-state index is 0.671. The van der Waals surface area contributed by atoms with Gasteiger partial charge in [-0.2, -0.15) is 0 Å². The molecule has 3 nitrogen and oxygen atoms in total. The topological polar surface area (TPSA) is 33.6 Å². The van der Waals surface area contributed by atoms with Gasteiger partial charge >= 0.3 is 0 Å². The summed E-state index contributed by atoms with van der Waals surface area (Å²) in [6, 6.07) is 12.3. The van der Waals surface area contributed by atoms with Crippen LogP contribution in [-0.4, -0.2) is 20.8 Å². The molecule has 0 saturated carbocycles. The monoisotopic (exact) mass is 287 g/mol. The molecule has 0 spiro atoms. The fourth-order valence-electron chi connectivity index (χ4n) is 2.05. The number of rotatable bonds is 2. The number of nitrogens with one attached hydrogen (secondary N) is 1. The fraction of sp³-hybridized carbons (Fsp3) is 0.143. The maximum absolute atomic E-state index is 5.40. The molecule has 0 unspecified atom stereocenters. The molecule has 0 bridgehead atoms. The first-order valence-corrected chi connectivity index (χ1v) is 7.55. The quantitative estimate of drug-likeness (QED) is 0.569. The van der Waals surface area contributed by atoms with E-state index in [1.807, 2.05) is 23.6 Å². The first kappa shape index (κ1) is 12.4. The number of hydrogen-bond donors (Lipinski definition) is 1. The number of aromatic amines is 1. The number of fused-ring (bicyclic) bond motifs is 1. The molecule has 2 aromatic heterocycles. The van der Waals surface area contributed by atoms with Crippen LogP contribution in [0.5, 0.6) is 0 Å². The molecule has 0 aliphatic heterocycles. The Morgan fingerprint density at radius 1 is 1.16 bits per heavy atom. The van der Waals surface area contributed by atoms with Crippen LogP contribution >= 0.6 is 24.0 Å². The maximum atomic E-state index is 5.40. The van der Waals surface area contributed by atoms with E-state index in [9.17, 15) is 0 Å². The summed E-state index contributed by atoms with van der Waals surface area (Å²) in [5.41, 5.74) is 3.86. The van der Waals surface area contributed by atoms with Gasteiger partial charge in [0, 0.05) is 16.3 Å². The maximum Gasteiger partial charge on any atom is 0.183 e. The third-order valence-electron chi connectivity index (χ3n) is 3.00. The number of nitrogens with zero attached hydrogens (tertiary/aromatic N) is 2. The van der Waals surface area contributed by atoms with Crippen molar-refractivity contribution in [2.24, 2.45) is 0 Å². The molecule has 0 radical (unpaired) electrons. The molecular weight excluding hydrogens is 274 g/mol. The Bertz CT molecular complexity index is 785. The van der Waals surface area contributed by atoms with E-state index in [4.69, 9.17) is 12.2 Å². The summed E-state index contributed by atoms with van der Waals surface area (Å²) in [6.45, 7) is 1.98. The van der Waals surface area contributed by atoms with E-state index < -0.39 is 0 Å². The van der Waals surface area contributed by atoms with E-state index in [2.05, 4.69) is 40.5 Å². The predicted molar refractivity (Wildman–Crippen MR) is 82.8 cm³/mol. The molecule has 19 heavy (non-hydrogen) atoms. The van der Waals surface area contributed by atoms with Crippen molar-refractivity contribution >= 4 is 35.1 Å². The van der Waals surface area contributed by atoms with Crippen LogP contribution in [0.1, 0.15) is 5.69 Å². The number of benzene rings is 1. The van der Waals surface area contributed by atoms with Crippen LogP contribution in [0.15, 0.2) is 41.3 Å². The summed E-state index contributed by atoms with van der Waals surface area (Å²) in [4.78, 5) is 9.00. The smallest absolute Gasteiger partial charge is 0.183 e. The van der Waals surface area contributed by atoms with Crippen LogP contribution < -0.4 is 0 Å². The number of aromatic nitrogens is 3. The zero-order valence-electron chi connectivity index (χ0n) is 10.7. The van der Waals surface area contributed by atoms with Crippen molar-refractivity contribution in [3.05, 3.63) is 46.9 Å². The summed E-state index contributed by atoms with van der Waals surface area (Å²) in [5, 5.41) is 0. The van der Waals surface area contributed by atoms with Crippen LogP contribution in [0.3, 0.4) is 0 Å². The lowest BCUT2D eigenvalue weighted by Crippen LogP contribution is -1.96. The van der Waals surface area contributed by atoms with Crippen LogP contribution in [0.4, 0.5) is 0 Å². The molecule has 1 aromatic carbocycles. The van der Waals surface area contributed by atoms with Crippen molar-refractivity contribution in [2.45, 2.75) is 11.8 Å². The lowest BCUT2D eigenvalue weighted by molar-refractivity contribution is 1.03. The molecule has 0 atom stereocenters. The van der Waals surface area contributed by atoms with Gasteiger partial charge in [0.25, 0.3) is 0 Å². The molecule has 0 aliphatic carbocycles. The number of thioether (sulfide) groups is 1. The standard InChI is InChI=1S/C14H13N3S2/c1-9-3-8-12-13(15-9)17(14(18)16-12)10-4-6-11(19-2)7-5-10/h3-8H,1-2H3,(H,16,18). The molecule has 5 heteroatoms. The molecule has 1 N–H and O–H groups in total. The Morgan fingerprint density at radius 3 is 2.58 bits per heavy atom. The fourth-order valence-corrected chi connectivity index (χ4v) is 2.76. The van der Waals surface area contributed by atoms with Crippen LogP contribution in [0.2, 0.25) is 0 Å². The van der Waals surface area contributed by atoms with Crippen molar-refractivity contribution in [3.63, 3.8) is 0 Å². The Kier molecular flexibility index (Phi) is 3.16. The van der Waals surface area contributed by atoms with Crippen molar-refractivity contribution in [2.75, 3.05) is 6.26 Å². The zero-order valence-corrected chi connectivity index (χ0v) is 12.3. The highest BCUT2D eigenvalue weighted by Gasteiger charge is 2.07. The van der Waals surface area contributed by atoms with Gasteiger partial charge in [0.15, 0.2) is 10.4 Å². The van der Waals surface area contributed by atoms with Gasteiger partial charge in [0.05, 0.1) is 5.52 Å². The Balaban J connectivity index is 2.25. The highest BCUT2D eigenvalue weighted by molar-refractivity contribution is 7.98. The zero-order chi connectivity index (χ0) is 13.4. The number of aryl methyl sites for hydroxylation is 1. The minimum atomic E-state index is 0.671. The lowest BCUT2D eigenvalue weighted by atomic mass is 10.3. The van der Waals surface area contributed by atoms with Crippen molar-refractivity contribution in [1.82, 2.24) is 14.5 Å². The van der Waals surface area contributed by atoms with Gasteiger partial charge in [-0.05, 0) is 61.8 Å². The second-order valence-electron chi connectivity index (χ2n) is 4.29. The average Bonchev–Trinajstić information content (AvgIpc) is 2.74. The molecule has 96 valence electrons. The predicted octanol–water partition coefficient (Wildman–Crippen LogP) is 4.11. The normalized spacial score (nSPS) is 11.1. The summed E-state index contributed by atoms with van der Waals surface area (Å²) >= 11 is 7.13. The van der Waals surface area contributed by atoms with E-state index in [0.29, 0.717) is 4.77 Å². The van der Waals surface area contributed by atoms with Crippen LogP contribution in [-0.2, 0) is 0 Å². The van der Waals surface area contributed by atoms with Crippen molar-refractivity contribution in [3.8, 4) is 5.69 Å². The molecule has 0 saturated heterocycles. The number of pyridine rings is 1. The molecule has 0 fully saturated rings. The highest BCUT2D eigenvalue weighted by Crippen LogP contribution is 2.21. The first-order chi connectivity index (χ1) is 9.19. The molecule has 3 aromatic rings. The minimum Gasteiger partial charge on any atom is -0.329 e. The van der Waals surface area contributed by atoms with Gasteiger partial charge in [-0.3, -0.25) is 4.57 Å². The Labute approximate surface area is 120 Å². The lowest BCUT2D eigenvalue weighted by Gasteiger charge is -2.05. The average molecular weight is 287 g/mol. The molecular formula is C14H13N3S2. The Hall–Kier alpha value is -1.59. The second kappa shape index (κ2) is 4.83. The van der Waals surface area contributed by atoms with Gasteiger partial charge in [-0.1, -0.05) is 0 Å². The van der Waals surface area contributed by atoms with E-state index in [0.717, 1.165) is 22.5 Å². The summed E-state index contributed by atoms with van der Waals surface area (Å²) in [6.07, 6.45) is 2.07. The molecule has 3 rings (SSSR count). The third-order valence-corrected chi connectivity index (χ3v) is 4.03. The van der Waals surface area contributed by atoms with E-state index in [1.165, 1.54) is 4.90 Å². The van der Waals surface area contributed by atoms with Gasteiger partial charge in [-0.25, -0.2) is 4.98 Å². The largest absolute Gasteiger partial charge is 0.329 e. The highest BCUT2D eigenvalue weighted by atomic mass is 32.2. The number of hydrogen-bond acceptors (Lipinski definition) is 3. The van der Waals surface area contributed by atoms with Crippen molar-refractivity contribution in [1.29, 1.82) is 0 Å². The number of H-pyrrole nitrogens is 1. The summed E-state index contributed by atoms with van der Waals surface area (Å²) in [7, 11) is 0. The van der Waals surface area contributed by atoms with Gasteiger partial charge in [0.1, 0.15) is 0 Å². The van der Waals surface area contributed by atoms with Gasteiger partial charge in [-0.15, -0.1) is 11.8 Å². The molecule has 0 aliphatic rings. The van der Waals surface area contributed by atoms with Crippen LogP contribution in [0.25, 0.3) is 16.9 Å². The van der Waals surface area contributed by atoms with Gasteiger partial charge < -0.3 is 4.98 Å². The summed E-state index contributed by atoms with van der Waals surface area (Å²) in [5.74, 6) is 0. The van der Waals surface area contributed by atoms with E-state index in [1.54, 1.807) is 11.8 Å². The van der Waals surface area contributed by atoms with Gasteiger partial charge in [0.2, 0.25) is 0 Å².